The minimum absolute atomic E-state index is 0.393. The van der Waals surface area contributed by atoms with Crippen LogP contribution in [0.4, 0.5) is 5.69 Å². The molecule has 1 rings (SSSR count). The Hall–Kier alpha value is -1.06. The minimum Gasteiger partial charge on any atom is -0.385 e. The Morgan fingerprint density at radius 1 is 0.852 bits per heavy atom. The topological polar surface area (TPSA) is 30.5 Å². The lowest BCUT2D eigenvalue weighted by Gasteiger charge is -2.29. The summed E-state index contributed by atoms with van der Waals surface area (Å²) in [5, 5.41) is 3.53. The molecular weight excluding hydrogens is 334 g/mol. The molecule has 0 heterocycles. The first-order valence-corrected chi connectivity index (χ1v) is 11.2. The van der Waals surface area contributed by atoms with Crippen LogP contribution in [0.25, 0.3) is 0 Å². The van der Waals surface area contributed by atoms with Crippen LogP contribution in [0.3, 0.4) is 0 Å². The van der Waals surface area contributed by atoms with Gasteiger partial charge in [-0.2, -0.15) is 0 Å². The molecule has 1 unspecified atom stereocenters. The number of unbranched alkanes of at least 4 members (excludes halogenated alkanes) is 2. The highest BCUT2D eigenvalue weighted by atomic mass is 16.7. The molecule has 1 aromatic rings. The van der Waals surface area contributed by atoms with Crippen LogP contribution < -0.4 is 5.32 Å². The van der Waals surface area contributed by atoms with E-state index in [9.17, 15) is 0 Å². The molecule has 3 nitrogen and oxygen atoms in total. The summed E-state index contributed by atoms with van der Waals surface area (Å²) in [6, 6.07) is 10.5. The summed E-state index contributed by atoms with van der Waals surface area (Å²) >= 11 is 0. The first-order chi connectivity index (χ1) is 13.1. The van der Waals surface area contributed by atoms with Crippen LogP contribution in [0.1, 0.15) is 85.5 Å². The molecule has 0 aliphatic carbocycles. The summed E-state index contributed by atoms with van der Waals surface area (Å²) in [5.74, 6) is 0.479. The first-order valence-electron chi connectivity index (χ1n) is 11.2. The van der Waals surface area contributed by atoms with Gasteiger partial charge in [0.2, 0.25) is 0 Å². The van der Waals surface area contributed by atoms with Gasteiger partial charge in [-0.3, -0.25) is 0 Å². The fourth-order valence-electron chi connectivity index (χ4n) is 3.87. The summed E-state index contributed by atoms with van der Waals surface area (Å²) in [6.07, 6.45) is 11.4. The van der Waals surface area contributed by atoms with Crippen molar-refractivity contribution in [1.29, 1.82) is 0 Å². The van der Waals surface area contributed by atoms with Crippen molar-refractivity contribution in [3.05, 3.63) is 30.3 Å². The lowest BCUT2D eigenvalue weighted by molar-refractivity contribution is -0.225. The van der Waals surface area contributed by atoms with Crippen LogP contribution in [0.15, 0.2) is 30.3 Å². The Morgan fingerprint density at radius 3 is 2.15 bits per heavy atom. The number of hydrogen-bond acceptors (Lipinski definition) is 3. The molecule has 0 aliphatic heterocycles. The summed E-state index contributed by atoms with van der Waals surface area (Å²) in [6.45, 7) is 11.0. The Morgan fingerprint density at radius 2 is 1.52 bits per heavy atom. The third-order valence-electron chi connectivity index (χ3n) is 5.23. The van der Waals surface area contributed by atoms with Crippen LogP contribution in [-0.2, 0) is 9.47 Å². The van der Waals surface area contributed by atoms with E-state index in [4.69, 9.17) is 9.47 Å². The Labute approximate surface area is 168 Å². The molecule has 0 aliphatic rings. The molecular formula is C24H43NO2. The van der Waals surface area contributed by atoms with Crippen molar-refractivity contribution in [2.75, 3.05) is 25.1 Å². The van der Waals surface area contributed by atoms with Gasteiger partial charge in [-0.25, -0.2) is 0 Å². The lowest BCUT2D eigenvalue weighted by Crippen LogP contribution is -2.32. The predicted octanol–water partition coefficient (Wildman–Crippen LogP) is 7.03. The average Bonchev–Trinajstić information content (AvgIpc) is 2.66. The van der Waals surface area contributed by atoms with Crippen molar-refractivity contribution >= 4 is 5.69 Å². The largest absolute Gasteiger partial charge is 0.385 e. The SMILES string of the molecule is CCCC(CCCCCC(C)(OCC)OCC)CCCNc1ccccc1. The Bertz CT molecular complexity index is 443. The summed E-state index contributed by atoms with van der Waals surface area (Å²) < 4.78 is 11.6. The number of benzene rings is 1. The molecule has 0 saturated carbocycles. The van der Waals surface area contributed by atoms with E-state index in [-0.39, 0.29) is 0 Å². The summed E-state index contributed by atoms with van der Waals surface area (Å²) in [4.78, 5) is 0. The van der Waals surface area contributed by atoms with Gasteiger partial charge in [0.25, 0.3) is 0 Å². The summed E-state index contributed by atoms with van der Waals surface area (Å²) in [5.41, 5.74) is 1.23. The van der Waals surface area contributed by atoms with E-state index in [1.807, 2.05) is 13.8 Å². The third-order valence-corrected chi connectivity index (χ3v) is 5.23. The maximum Gasteiger partial charge on any atom is 0.165 e. The quantitative estimate of drug-likeness (QED) is 0.233. The zero-order chi connectivity index (χ0) is 19.8. The van der Waals surface area contributed by atoms with E-state index in [1.54, 1.807) is 0 Å². The number of rotatable bonds is 17. The van der Waals surface area contributed by atoms with Gasteiger partial charge >= 0.3 is 0 Å². The molecule has 0 saturated heterocycles. The number of ether oxygens (including phenoxy) is 2. The smallest absolute Gasteiger partial charge is 0.165 e. The van der Waals surface area contributed by atoms with E-state index in [2.05, 4.69) is 49.5 Å². The van der Waals surface area contributed by atoms with Crippen LogP contribution in [0.2, 0.25) is 0 Å². The van der Waals surface area contributed by atoms with E-state index >= 15 is 0 Å². The second-order valence-corrected chi connectivity index (χ2v) is 7.69. The maximum absolute atomic E-state index is 5.81. The Balaban J connectivity index is 2.18. The minimum atomic E-state index is -0.393. The van der Waals surface area contributed by atoms with Gasteiger partial charge in [-0.15, -0.1) is 0 Å². The van der Waals surface area contributed by atoms with Gasteiger partial charge < -0.3 is 14.8 Å². The van der Waals surface area contributed by atoms with Gasteiger partial charge in [0.05, 0.1) is 0 Å². The van der Waals surface area contributed by atoms with Crippen LogP contribution >= 0.6 is 0 Å². The molecule has 0 aromatic heterocycles. The molecule has 27 heavy (non-hydrogen) atoms. The molecule has 0 bridgehead atoms. The highest BCUT2D eigenvalue weighted by molar-refractivity contribution is 5.42. The molecule has 156 valence electrons. The van der Waals surface area contributed by atoms with Gasteiger partial charge in [-0.1, -0.05) is 57.2 Å². The molecule has 3 heteroatoms. The van der Waals surface area contributed by atoms with E-state index in [1.165, 1.54) is 57.1 Å². The molecule has 0 spiro atoms. The zero-order valence-corrected chi connectivity index (χ0v) is 18.3. The van der Waals surface area contributed by atoms with Crippen molar-refractivity contribution in [1.82, 2.24) is 0 Å². The van der Waals surface area contributed by atoms with Gasteiger partial charge in [0.1, 0.15) is 0 Å². The molecule has 0 fully saturated rings. The second kappa shape index (κ2) is 14.9. The van der Waals surface area contributed by atoms with Crippen molar-refractivity contribution in [3.8, 4) is 0 Å². The molecule has 1 N–H and O–H groups in total. The van der Waals surface area contributed by atoms with Crippen molar-refractivity contribution in [2.45, 2.75) is 91.3 Å². The second-order valence-electron chi connectivity index (χ2n) is 7.69. The van der Waals surface area contributed by atoms with E-state index < -0.39 is 5.79 Å². The van der Waals surface area contributed by atoms with E-state index in [0.29, 0.717) is 13.2 Å². The van der Waals surface area contributed by atoms with Crippen molar-refractivity contribution in [3.63, 3.8) is 0 Å². The third kappa shape index (κ3) is 11.4. The number of para-hydroxylation sites is 1. The van der Waals surface area contributed by atoms with Gasteiger partial charge in [-0.05, 0) is 58.1 Å². The fourth-order valence-corrected chi connectivity index (χ4v) is 3.87. The standard InChI is InChI=1S/C24H43NO2/c1-5-15-22(17-14-21-25-23-18-11-8-12-19-23)16-10-9-13-20-24(4,26-6-2)27-7-3/h8,11-12,18-19,22,25H,5-7,9-10,13-17,20-21H2,1-4H3. The van der Waals surface area contributed by atoms with Crippen LogP contribution in [0, 0.1) is 5.92 Å². The monoisotopic (exact) mass is 377 g/mol. The molecule has 1 aromatic carbocycles. The van der Waals surface area contributed by atoms with Crippen LogP contribution in [0.5, 0.6) is 0 Å². The molecule has 1 atom stereocenters. The maximum atomic E-state index is 5.81. The van der Waals surface area contributed by atoms with Crippen LogP contribution in [-0.4, -0.2) is 25.5 Å². The average molecular weight is 378 g/mol. The fraction of sp³-hybridized carbons (Fsp3) is 0.750. The highest BCUT2D eigenvalue weighted by Crippen LogP contribution is 2.24. The van der Waals surface area contributed by atoms with Gasteiger partial charge in [0, 0.05) is 31.9 Å². The summed E-state index contributed by atoms with van der Waals surface area (Å²) in [7, 11) is 0. The Kier molecular flexibility index (Phi) is 13.3. The number of hydrogen-bond donors (Lipinski definition) is 1. The first kappa shape index (κ1) is 24.0. The molecule has 0 amide bonds. The molecule has 0 radical (unpaired) electrons. The lowest BCUT2D eigenvalue weighted by atomic mass is 9.91. The number of nitrogens with one attached hydrogen (secondary N) is 1. The number of anilines is 1. The highest BCUT2D eigenvalue weighted by Gasteiger charge is 2.23. The zero-order valence-electron chi connectivity index (χ0n) is 18.3. The van der Waals surface area contributed by atoms with Gasteiger partial charge in [0.15, 0.2) is 5.79 Å². The van der Waals surface area contributed by atoms with E-state index in [0.717, 1.165) is 18.9 Å². The normalized spacial score (nSPS) is 12.9. The van der Waals surface area contributed by atoms with Crippen molar-refractivity contribution in [2.24, 2.45) is 5.92 Å². The predicted molar refractivity (Wildman–Crippen MR) is 117 cm³/mol. The van der Waals surface area contributed by atoms with Crippen molar-refractivity contribution < 1.29 is 9.47 Å².